The molecule has 0 aromatic heterocycles. The second-order valence-corrected chi connectivity index (χ2v) is 7.42. The highest BCUT2D eigenvalue weighted by atomic mass is 32.2. The zero-order valence-electron chi connectivity index (χ0n) is 11.0. The maximum atomic E-state index is 11.5. The Balaban J connectivity index is 1.78. The molecule has 2 aromatic rings. The number of hydrogen-bond donors (Lipinski definition) is 2. The molecule has 106 valence electrons. The van der Waals surface area contributed by atoms with Crippen molar-refractivity contribution in [3.8, 4) is 0 Å². The molecule has 1 fully saturated rings. The first-order valence-electron chi connectivity index (χ1n) is 6.64. The number of sulfone groups is 1. The van der Waals surface area contributed by atoms with Gasteiger partial charge in [-0.2, -0.15) is 0 Å². The molecule has 2 atom stereocenters. The van der Waals surface area contributed by atoms with E-state index in [4.69, 9.17) is 0 Å². The molecular weight excluding hydrogens is 274 g/mol. The number of benzene rings is 2. The van der Waals surface area contributed by atoms with E-state index >= 15 is 0 Å². The molecule has 1 aliphatic heterocycles. The normalized spacial score (nSPS) is 25.1. The van der Waals surface area contributed by atoms with Crippen LogP contribution in [0.5, 0.6) is 0 Å². The largest absolute Gasteiger partial charge is 0.390 e. The molecule has 1 heterocycles. The number of aliphatic hydroxyl groups excluding tert-OH is 1. The van der Waals surface area contributed by atoms with Gasteiger partial charge in [0, 0.05) is 12.6 Å². The van der Waals surface area contributed by atoms with Crippen molar-refractivity contribution < 1.29 is 13.5 Å². The molecule has 3 rings (SSSR count). The monoisotopic (exact) mass is 291 g/mol. The SMILES string of the molecule is O=S1(=O)CC(O)C(NCc2cccc3ccccc23)C1. The van der Waals surface area contributed by atoms with Gasteiger partial charge in [0.25, 0.3) is 0 Å². The average Bonchev–Trinajstić information content (AvgIpc) is 2.69. The summed E-state index contributed by atoms with van der Waals surface area (Å²) in [6, 6.07) is 13.8. The first kappa shape index (κ1) is 13.5. The van der Waals surface area contributed by atoms with Gasteiger partial charge in [0.05, 0.1) is 17.6 Å². The van der Waals surface area contributed by atoms with Crippen LogP contribution in [0.2, 0.25) is 0 Å². The van der Waals surface area contributed by atoms with E-state index in [0.717, 1.165) is 16.3 Å². The fourth-order valence-electron chi connectivity index (χ4n) is 2.71. The van der Waals surface area contributed by atoms with E-state index in [2.05, 4.69) is 5.32 Å². The van der Waals surface area contributed by atoms with Gasteiger partial charge in [-0.05, 0) is 16.3 Å². The van der Waals surface area contributed by atoms with Gasteiger partial charge < -0.3 is 10.4 Å². The summed E-state index contributed by atoms with van der Waals surface area (Å²) in [5, 5.41) is 15.2. The van der Waals surface area contributed by atoms with Crippen molar-refractivity contribution in [1.29, 1.82) is 0 Å². The number of hydrogen-bond acceptors (Lipinski definition) is 4. The number of fused-ring (bicyclic) bond motifs is 1. The van der Waals surface area contributed by atoms with Crippen molar-refractivity contribution in [1.82, 2.24) is 5.32 Å². The van der Waals surface area contributed by atoms with Gasteiger partial charge in [-0.1, -0.05) is 42.5 Å². The highest BCUT2D eigenvalue weighted by molar-refractivity contribution is 7.91. The van der Waals surface area contributed by atoms with Crippen molar-refractivity contribution in [2.45, 2.75) is 18.7 Å². The smallest absolute Gasteiger partial charge is 0.154 e. The molecule has 1 aliphatic rings. The second kappa shape index (κ2) is 5.16. The molecule has 5 heteroatoms. The average molecular weight is 291 g/mol. The van der Waals surface area contributed by atoms with Crippen LogP contribution in [0, 0.1) is 0 Å². The molecule has 0 spiro atoms. The second-order valence-electron chi connectivity index (χ2n) is 5.27. The topological polar surface area (TPSA) is 66.4 Å². The van der Waals surface area contributed by atoms with Crippen molar-refractivity contribution in [3.63, 3.8) is 0 Å². The fourth-order valence-corrected chi connectivity index (χ4v) is 4.49. The lowest BCUT2D eigenvalue weighted by atomic mass is 10.0. The van der Waals surface area contributed by atoms with Crippen molar-refractivity contribution in [2.75, 3.05) is 11.5 Å². The third-order valence-electron chi connectivity index (χ3n) is 3.76. The van der Waals surface area contributed by atoms with E-state index in [-0.39, 0.29) is 17.5 Å². The molecule has 2 N–H and O–H groups in total. The van der Waals surface area contributed by atoms with Gasteiger partial charge in [0.2, 0.25) is 0 Å². The molecule has 0 amide bonds. The van der Waals surface area contributed by atoms with E-state index < -0.39 is 15.9 Å². The van der Waals surface area contributed by atoms with Crippen LogP contribution in [0.4, 0.5) is 0 Å². The lowest BCUT2D eigenvalue weighted by Crippen LogP contribution is -2.38. The zero-order valence-corrected chi connectivity index (χ0v) is 11.8. The van der Waals surface area contributed by atoms with Crippen molar-refractivity contribution in [3.05, 3.63) is 48.0 Å². The number of aliphatic hydroxyl groups is 1. The van der Waals surface area contributed by atoms with E-state index in [1.165, 1.54) is 0 Å². The van der Waals surface area contributed by atoms with Crippen LogP contribution in [0.25, 0.3) is 10.8 Å². The van der Waals surface area contributed by atoms with Gasteiger partial charge in [-0.25, -0.2) is 8.42 Å². The molecule has 0 radical (unpaired) electrons. The summed E-state index contributed by atoms with van der Waals surface area (Å²) in [5.41, 5.74) is 1.11. The Kier molecular flexibility index (Phi) is 3.50. The first-order chi connectivity index (χ1) is 9.55. The van der Waals surface area contributed by atoms with Crippen LogP contribution in [0.15, 0.2) is 42.5 Å². The highest BCUT2D eigenvalue weighted by Crippen LogP contribution is 2.19. The van der Waals surface area contributed by atoms with E-state index in [1.807, 2.05) is 42.5 Å². The molecule has 20 heavy (non-hydrogen) atoms. The standard InChI is InChI=1S/C15H17NO3S/c17-15-10-20(18,19)9-14(15)16-8-12-6-3-5-11-4-1-2-7-13(11)12/h1-7,14-17H,8-10H2. The van der Waals surface area contributed by atoms with Gasteiger partial charge >= 0.3 is 0 Å². The van der Waals surface area contributed by atoms with Gasteiger partial charge in [0.1, 0.15) is 0 Å². The minimum absolute atomic E-state index is 0.0128. The van der Waals surface area contributed by atoms with Gasteiger partial charge in [-0.15, -0.1) is 0 Å². The lowest BCUT2D eigenvalue weighted by Gasteiger charge is -2.15. The van der Waals surface area contributed by atoms with Crippen molar-refractivity contribution in [2.24, 2.45) is 0 Å². The molecule has 1 saturated heterocycles. The predicted molar refractivity (Wildman–Crippen MR) is 79.2 cm³/mol. The maximum Gasteiger partial charge on any atom is 0.154 e. The minimum atomic E-state index is -3.10. The Morgan fingerprint density at radius 1 is 1.10 bits per heavy atom. The maximum absolute atomic E-state index is 11.5. The third kappa shape index (κ3) is 2.70. The minimum Gasteiger partial charge on any atom is -0.390 e. The fraction of sp³-hybridized carbons (Fsp3) is 0.333. The summed E-state index contributed by atoms with van der Waals surface area (Å²) in [7, 11) is -3.10. The molecule has 2 unspecified atom stereocenters. The van der Waals surface area contributed by atoms with Crippen LogP contribution in [-0.2, 0) is 16.4 Å². The summed E-state index contributed by atoms with van der Waals surface area (Å²) >= 11 is 0. The van der Waals surface area contributed by atoms with E-state index in [1.54, 1.807) is 0 Å². The van der Waals surface area contributed by atoms with E-state index in [9.17, 15) is 13.5 Å². The summed E-state index contributed by atoms with van der Waals surface area (Å²) in [6.07, 6.45) is -0.810. The molecular formula is C15H17NO3S. The summed E-state index contributed by atoms with van der Waals surface area (Å²) in [4.78, 5) is 0. The lowest BCUT2D eigenvalue weighted by molar-refractivity contribution is 0.165. The Bertz CT molecular complexity index is 721. The Labute approximate surface area is 118 Å². The summed E-state index contributed by atoms with van der Waals surface area (Å²) < 4.78 is 23.0. The van der Waals surface area contributed by atoms with Crippen LogP contribution in [-0.4, -0.2) is 37.2 Å². The number of rotatable bonds is 3. The highest BCUT2D eigenvalue weighted by Gasteiger charge is 2.35. The summed E-state index contributed by atoms with van der Waals surface area (Å²) in [6.45, 7) is 0.554. The predicted octanol–water partition coefficient (Wildman–Crippen LogP) is 1.09. The third-order valence-corrected chi connectivity index (χ3v) is 5.47. The molecule has 4 nitrogen and oxygen atoms in total. The van der Waals surface area contributed by atoms with Crippen LogP contribution in [0.3, 0.4) is 0 Å². The zero-order chi connectivity index (χ0) is 14.2. The quantitative estimate of drug-likeness (QED) is 0.888. The van der Waals surface area contributed by atoms with Gasteiger partial charge in [-0.3, -0.25) is 0 Å². The van der Waals surface area contributed by atoms with Crippen LogP contribution in [0.1, 0.15) is 5.56 Å². The Morgan fingerprint density at radius 3 is 2.60 bits per heavy atom. The molecule has 0 saturated carbocycles. The first-order valence-corrected chi connectivity index (χ1v) is 8.46. The number of nitrogens with one attached hydrogen (secondary N) is 1. The summed E-state index contributed by atoms with van der Waals surface area (Å²) in [5.74, 6) is -0.126. The Hall–Kier alpha value is -1.43. The van der Waals surface area contributed by atoms with Crippen molar-refractivity contribution >= 4 is 20.6 Å². The van der Waals surface area contributed by atoms with Gasteiger partial charge in [0.15, 0.2) is 9.84 Å². The molecule has 2 aromatic carbocycles. The molecule has 0 bridgehead atoms. The van der Waals surface area contributed by atoms with E-state index in [0.29, 0.717) is 6.54 Å². The molecule has 0 aliphatic carbocycles. The Morgan fingerprint density at radius 2 is 1.85 bits per heavy atom. The van der Waals surface area contributed by atoms with Crippen LogP contribution >= 0.6 is 0 Å². The van der Waals surface area contributed by atoms with Crippen LogP contribution < -0.4 is 5.32 Å².